The van der Waals surface area contributed by atoms with Crippen molar-refractivity contribution in [3.05, 3.63) is 46.3 Å². The summed E-state index contributed by atoms with van der Waals surface area (Å²) >= 11 is 2.51. The molecule has 0 unspecified atom stereocenters. The first kappa shape index (κ1) is 16.0. The molecule has 0 aliphatic carbocycles. The van der Waals surface area contributed by atoms with E-state index in [4.69, 9.17) is 0 Å². The zero-order valence-electron chi connectivity index (χ0n) is 12.9. The predicted molar refractivity (Wildman–Crippen MR) is 95.1 cm³/mol. The zero-order valence-corrected chi connectivity index (χ0v) is 14.5. The molecule has 1 fully saturated rings. The third-order valence-electron chi connectivity index (χ3n) is 3.24. The van der Waals surface area contributed by atoms with Gasteiger partial charge in [-0.1, -0.05) is 44.2 Å². The highest BCUT2D eigenvalue weighted by molar-refractivity contribution is 8.18. The molecule has 4 nitrogen and oxygen atoms in total. The Morgan fingerprint density at radius 3 is 2.65 bits per heavy atom. The van der Waals surface area contributed by atoms with E-state index in [0.29, 0.717) is 17.1 Å². The topological polar surface area (TPSA) is 50.3 Å². The Morgan fingerprint density at radius 2 is 1.96 bits per heavy atom. The van der Waals surface area contributed by atoms with Crippen molar-refractivity contribution in [3.8, 4) is 10.6 Å². The van der Waals surface area contributed by atoms with Crippen LogP contribution in [-0.2, 0) is 4.79 Å². The molecule has 6 heteroatoms. The number of carbonyl (C=O) groups excluding carboxylic acids is 2. The second-order valence-corrected chi connectivity index (χ2v) is 7.48. The smallest absolute Gasteiger partial charge is 0.268 e. The van der Waals surface area contributed by atoms with Crippen LogP contribution in [0.15, 0.2) is 40.6 Å². The molecule has 1 saturated heterocycles. The largest absolute Gasteiger partial charge is 0.293 e. The number of aromatic nitrogens is 1. The molecule has 0 saturated carbocycles. The molecule has 0 spiro atoms. The van der Waals surface area contributed by atoms with Gasteiger partial charge in [-0.3, -0.25) is 14.5 Å². The minimum atomic E-state index is -0.219. The number of imide groups is 1. The predicted octanol–water partition coefficient (Wildman–Crippen LogP) is 4.50. The highest BCUT2D eigenvalue weighted by atomic mass is 32.2. The molecular formula is C17H16N2O2S2. The Hall–Kier alpha value is -1.92. The van der Waals surface area contributed by atoms with Crippen molar-refractivity contribution in [3.63, 3.8) is 0 Å². The van der Waals surface area contributed by atoms with Crippen molar-refractivity contribution in [1.82, 2.24) is 9.88 Å². The van der Waals surface area contributed by atoms with Crippen LogP contribution in [0.3, 0.4) is 0 Å². The third-order valence-corrected chi connectivity index (χ3v) is 5.06. The molecule has 118 valence electrons. The van der Waals surface area contributed by atoms with E-state index in [1.165, 1.54) is 16.2 Å². The van der Waals surface area contributed by atoms with Gasteiger partial charge in [-0.2, -0.15) is 0 Å². The van der Waals surface area contributed by atoms with Gasteiger partial charge in [0.25, 0.3) is 11.1 Å². The summed E-state index contributed by atoms with van der Waals surface area (Å²) in [7, 11) is 0. The maximum absolute atomic E-state index is 12.3. The van der Waals surface area contributed by atoms with Gasteiger partial charge in [-0.25, -0.2) is 4.98 Å². The van der Waals surface area contributed by atoms with E-state index in [1.807, 2.05) is 49.6 Å². The van der Waals surface area contributed by atoms with Crippen molar-refractivity contribution in [2.75, 3.05) is 6.54 Å². The molecule has 0 radical (unpaired) electrons. The molecule has 1 aromatic heterocycles. The van der Waals surface area contributed by atoms with Gasteiger partial charge in [0.1, 0.15) is 5.01 Å². The van der Waals surface area contributed by atoms with Gasteiger partial charge >= 0.3 is 0 Å². The molecule has 3 rings (SSSR count). The SMILES string of the molecule is CC(C)CN1C(=O)S/C(=C/c2csc(-c3ccccc3)n2)C1=O. The summed E-state index contributed by atoms with van der Waals surface area (Å²) in [6.45, 7) is 4.42. The summed E-state index contributed by atoms with van der Waals surface area (Å²) in [5.41, 5.74) is 1.76. The Morgan fingerprint density at radius 1 is 1.22 bits per heavy atom. The van der Waals surface area contributed by atoms with Crippen LogP contribution in [0.25, 0.3) is 16.6 Å². The number of hydrogen-bond donors (Lipinski definition) is 0. The van der Waals surface area contributed by atoms with Crippen LogP contribution < -0.4 is 0 Å². The number of benzene rings is 1. The normalized spacial score (nSPS) is 16.8. The summed E-state index contributed by atoms with van der Waals surface area (Å²) < 4.78 is 0. The van der Waals surface area contributed by atoms with Crippen molar-refractivity contribution < 1.29 is 9.59 Å². The maximum atomic E-state index is 12.3. The monoisotopic (exact) mass is 344 g/mol. The van der Waals surface area contributed by atoms with Crippen molar-refractivity contribution in [2.24, 2.45) is 5.92 Å². The fourth-order valence-corrected chi connectivity index (χ4v) is 3.84. The lowest BCUT2D eigenvalue weighted by atomic mass is 10.2. The van der Waals surface area contributed by atoms with Gasteiger partial charge in [0, 0.05) is 17.5 Å². The Bertz CT molecular complexity index is 766. The highest BCUT2D eigenvalue weighted by Gasteiger charge is 2.35. The average Bonchev–Trinajstić information content (AvgIpc) is 3.09. The van der Waals surface area contributed by atoms with Crippen molar-refractivity contribution >= 4 is 40.3 Å². The molecule has 23 heavy (non-hydrogen) atoms. The van der Waals surface area contributed by atoms with Gasteiger partial charge in [0.05, 0.1) is 10.6 Å². The van der Waals surface area contributed by atoms with E-state index < -0.39 is 0 Å². The van der Waals surface area contributed by atoms with Crippen molar-refractivity contribution in [1.29, 1.82) is 0 Å². The summed E-state index contributed by atoms with van der Waals surface area (Å²) in [6.07, 6.45) is 1.70. The van der Waals surface area contributed by atoms with E-state index in [1.54, 1.807) is 6.08 Å². The lowest BCUT2D eigenvalue weighted by molar-refractivity contribution is -0.123. The lowest BCUT2D eigenvalue weighted by Gasteiger charge is -2.14. The van der Waals surface area contributed by atoms with Crippen LogP contribution in [0.4, 0.5) is 4.79 Å². The highest BCUT2D eigenvalue weighted by Crippen LogP contribution is 2.33. The molecular weight excluding hydrogens is 328 g/mol. The number of amides is 2. The Kier molecular flexibility index (Phi) is 4.63. The van der Waals surface area contributed by atoms with Crippen LogP contribution in [0.2, 0.25) is 0 Å². The molecule has 0 N–H and O–H groups in total. The summed E-state index contributed by atoms with van der Waals surface area (Å²) in [5.74, 6) is 0.0368. The molecule has 1 aromatic carbocycles. The molecule has 1 aliphatic heterocycles. The first-order chi connectivity index (χ1) is 11.0. The maximum Gasteiger partial charge on any atom is 0.293 e. The van der Waals surface area contributed by atoms with Gasteiger partial charge in [0.2, 0.25) is 0 Å². The lowest BCUT2D eigenvalue weighted by Crippen LogP contribution is -2.31. The minimum absolute atomic E-state index is 0.200. The first-order valence-corrected chi connectivity index (χ1v) is 9.00. The Labute approximate surface area is 143 Å². The van der Waals surface area contributed by atoms with E-state index in [2.05, 4.69) is 4.98 Å². The van der Waals surface area contributed by atoms with Crippen LogP contribution in [-0.4, -0.2) is 27.6 Å². The fraction of sp³-hybridized carbons (Fsp3) is 0.235. The third kappa shape index (κ3) is 3.54. The quantitative estimate of drug-likeness (QED) is 0.766. The van der Waals surface area contributed by atoms with Crippen LogP contribution in [0.1, 0.15) is 19.5 Å². The van der Waals surface area contributed by atoms with E-state index >= 15 is 0 Å². The summed E-state index contributed by atoms with van der Waals surface area (Å²) in [4.78, 5) is 30.6. The number of hydrogen-bond acceptors (Lipinski definition) is 5. The number of carbonyl (C=O) groups is 2. The second-order valence-electron chi connectivity index (χ2n) is 5.63. The molecule has 2 heterocycles. The van der Waals surface area contributed by atoms with E-state index in [-0.39, 0.29) is 17.1 Å². The van der Waals surface area contributed by atoms with Gasteiger partial charge in [-0.15, -0.1) is 11.3 Å². The van der Waals surface area contributed by atoms with E-state index in [0.717, 1.165) is 22.3 Å². The van der Waals surface area contributed by atoms with Crippen LogP contribution in [0.5, 0.6) is 0 Å². The van der Waals surface area contributed by atoms with Crippen LogP contribution >= 0.6 is 23.1 Å². The summed E-state index contributed by atoms with van der Waals surface area (Å²) in [5, 5.41) is 2.60. The molecule has 2 aromatic rings. The molecule has 0 bridgehead atoms. The number of thiazole rings is 1. The van der Waals surface area contributed by atoms with E-state index in [9.17, 15) is 9.59 Å². The second kappa shape index (κ2) is 6.68. The minimum Gasteiger partial charge on any atom is -0.268 e. The molecule has 1 aliphatic rings. The zero-order chi connectivity index (χ0) is 16.4. The number of rotatable bonds is 4. The van der Waals surface area contributed by atoms with Gasteiger partial charge < -0.3 is 0 Å². The summed E-state index contributed by atoms with van der Waals surface area (Å²) in [6, 6.07) is 9.89. The number of nitrogens with zero attached hydrogens (tertiary/aromatic N) is 2. The number of thioether (sulfide) groups is 1. The molecule has 0 atom stereocenters. The first-order valence-electron chi connectivity index (χ1n) is 7.31. The standard InChI is InChI=1S/C17H16N2O2S2/c1-11(2)9-19-16(20)14(23-17(19)21)8-13-10-22-15(18-13)12-6-4-3-5-7-12/h3-8,10-11H,9H2,1-2H3/b14-8+. The van der Waals surface area contributed by atoms with Gasteiger partial charge in [0.15, 0.2) is 0 Å². The molecule has 2 amide bonds. The van der Waals surface area contributed by atoms with Crippen molar-refractivity contribution in [2.45, 2.75) is 13.8 Å². The fourth-order valence-electron chi connectivity index (χ4n) is 2.22. The van der Waals surface area contributed by atoms with Gasteiger partial charge in [-0.05, 0) is 23.8 Å². The average molecular weight is 344 g/mol. The Balaban J connectivity index is 1.82. The van der Waals surface area contributed by atoms with Crippen LogP contribution in [0, 0.1) is 5.92 Å².